The molecule has 7 heteroatoms. The first-order valence-electron chi connectivity index (χ1n) is 5.57. The largest absolute Gasteiger partial charge is 0.363 e. The third-order valence-electron chi connectivity index (χ3n) is 2.77. The first-order valence-corrected chi connectivity index (χ1v) is 7.01. The van der Waals surface area contributed by atoms with E-state index in [9.17, 15) is 12.8 Å². The molecule has 19 heavy (non-hydrogen) atoms. The molecule has 0 spiro atoms. The monoisotopic (exact) mass is 283 g/mol. The van der Waals surface area contributed by atoms with Crippen LogP contribution in [0.1, 0.15) is 5.69 Å². The lowest BCUT2D eigenvalue weighted by Crippen LogP contribution is -2.26. The van der Waals surface area contributed by atoms with E-state index in [1.807, 2.05) is 0 Å². The van der Waals surface area contributed by atoms with Crippen LogP contribution in [-0.2, 0) is 16.6 Å². The van der Waals surface area contributed by atoms with Crippen molar-refractivity contribution in [2.24, 2.45) is 5.73 Å². The van der Waals surface area contributed by atoms with Crippen molar-refractivity contribution in [1.29, 1.82) is 0 Å². The minimum absolute atomic E-state index is 0.0970. The van der Waals surface area contributed by atoms with E-state index < -0.39 is 15.8 Å². The molecule has 0 aliphatic heterocycles. The lowest BCUT2D eigenvalue weighted by Gasteiger charge is -2.18. The lowest BCUT2D eigenvalue weighted by molar-refractivity contribution is 0.594. The molecule has 1 aromatic heterocycles. The molecule has 0 aliphatic rings. The van der Waals surface area contributed by atoms with Crippen LogP contribution in [0, 0.1) is 5.82 Å². The van der Waals surface area contributed by atoms with Gasteiger partial charge in [0, 0.05) is 25.5 Å². The number of nitrogens with zero attached hydrogens (tertiary/aromatic N) is 1. The Hall–Kier alpha value is -1.86. The first-order chi connectivity index (χ1) is 8.95. The molecule has 1 heterocycles. The van der Waals surface area contributed by atoms with Crippen LogP contribution < -0.4 is 10.0 Å². The molecule has 3 N–H and O–H groups in total. The number of hydrogen-bond donors (Lipinski definition) is 2. The van der Waals surface area contributed by atoms with Crippen LogP contribution in [0.5, 0.6) is 0 Å². The van der Waals surface area contributed by atoms with Crippen molar-refractivity contribution in [3.63, 3.8) is 0 Å². The minimum Gasteiger partial charge on any atom is -0.363 e. The van der Waals surface area contributed by atoms with Gasteiger partial charge in [0.05, 0.1) is 5.69 Å². The Balaban J connectivity index is 2.39. The maximum absolute atomic E-state index is 13.1. The van der Waals surface area contributed by atoms with Gasteiger partial charge in [0.1, 0.15) is 10.7 Å². The number of halogens is 1. The van der Waals surface area contributed by atoms with Gasteiger partial charge < -0.3 is 10.7 Å². The maximum Gasteiger partial charge on any atom is 0.265 e. The number of aromatic nitrogens is 1. The van der Waals surface area contributed by atoms with Crippen molar-refractivity contribution < 1.29 is 12.8 Å². The molecule has 0 bridgehead atoms. The Morgan fingerprint density at radius 1 is 1.37 bits per heavy atom. The Bertz CT molecular complexity index is 682. The average Bonchev–Trinajstić information content (AvgIpc) is 2.87. The van der Waals surface area contributed by atoms with E-state index in [-0.39, 0.29) is 17.1 Å². The van der Waals surface area contributed by atoms with Crippen molar-refractivity contribution in [1.82, 2.24) is 4.98 Å². The number of sulfonamides is 1. The topological polar surface area (TPSA) is 79.2 Å². The summed E-state index contributed by atoms with van der Waals surface area (Å²) in [5.41, 5.74) is 6.30. The van der Waals surface area contributed by atoms with Gasteiger partial charge in [-0.15, -0.1) is 0 Å². The molecule has 0 saturated heterocycles. The number of rotatable bonds is 4. The molecule has 2 aromatic rings. The number of aromatic amines is 1. The van der Waals surface area contributed by atoms with E-state index in [2.05, 4.69) is 4.98 Å². The molecule has 0 fully saturated rings. The number of nitrogens with one attached hydrogen (secondary N) is 1. The molecule has 0 unspecified atom stereocenters. The summed E-state index contributed by atoms with van der Waals surface area (Å²) < 4.78 is 38.8. The zero-order valence-electron chi connectivity index (χ0n) is 10.3. The zero-order chi connectivity index (χ0) is 14.0. The normalized spacial score (nSPS) is 11.5. The van der Waals surface area contributed by atoms with Gasteiger partial charge in [-0.3, -0.25) is 4.31 Å². The van der Waals surface area contributed by atoms with Crippen LogP contribution in [0.4, 0.5) is 10.1 Å². The molecule has 0 aliphatic carbocycles. The molecule has 0 amide bonds. The number of anilines is 1. The summed E-state index contributed by atoms with van der Waals surface area (Å²) >= 11 is 0. The molecule has 0 atom stereocenters. The van der Waals surface area contributed by atoms with Crippen molar-refractivity contribution >= 4 is 15.7 Å². The second kappa shape index (κ2) is 5.02. The van der Waals surface area contributed by atoms with Gasteiger partial charge in [-0.1, -0.05) is 6.07 Å². The standard InChI is InChI=1S/C12H14FN3O2S/c1-16(11-4-2-3-9(13)5-11)19(17,18)12-6-10(7-14)15-8-12/h2-6,8,15H,7,14H2,1H3. The smallest absolute Gasteiger partial charge is 0.265 e. The highest BCUT2D eigenvalue weighted by Gasteiger charge is 2.22. The highest BCUT2D eigenvalue weighted by molar-refractivity contribution is 7.92. The zero-order valence-corrected chi connectivity index (χ0v) is 11.1. The first kappa shape index (κ1) is 13.6. The molecule has 2 rings (SSSR count). The van der Waals surface area contributed by atoms with Crippen LogP contribution >= 0.6 is 0 Å². The maximum atomic E-state index is 13.1. The van der Waals surface area contributed by atoms with Gasteiger partial charge in [0.25, 0.3) is 10.0 Å². The number of H-pyrrole nitrogens is 1. The third-order valence-corrected chi connectivity index (χ3v) is 4.53. The van der Waals surface area contributed by atoms with Gasteiger partial charge in [-0.05, 0) is 24.3 Å². The molecule has 102 valence electrons. The number of nitrogens with two attached hydrogens (primary N) is 1. The predicted octanol–water partition coefficient (Wildman–Crippen LogP) is 1.44. The van der Waals surface area contributed by atoms with Crippen molar-refractivity contribution in [2.75, 3.05) is 11.4 Å². The Kier molecular flexibility index (Phi) is 3.59. The SMILES string of the molecule is CN(c1cccc(F)c1)S(=O)(=O)c1c[nH]c(CN)c1. The summed E-state index contributed by atoms with van der Waals surface area (Å²) in [6.45, 7) is 0.221. The van der Waals surface area contributed by atoms with E-state index in [0.717, 1.165) is 10.4 Å². The van der Waals surface area contributed by atoms with Gasteiger partial charge >= 0.3 is 0 Å². The summed E-state index contributed by atoms with van der Waals surface area (Å²) in [6.07, 6.45) is 1.37. The third kappa shape index (κ3) is 2.61. The predicted molar refractivity (Wildman–Crippen MR) is 70.7 cm³/mol. The second-order valence-corrected chi connectivity index (χ2v) is 5.99. The Labute approximate surface area is 110 Å². The number of hydrogen-bond acceptors (Lipinski definition) is 3. The summed E-state index contributed by atoms with van der Waals surface area (Å²) in [6, 6.07) is 6.86. The van der Waals surface area contributed by atoms with Crippen molar-refractivity contribution in [3.8, 4) is 0 Å². The van der Waals surface area contributed by atoms with Crippen LogP contribution in [0.15, 0.2) is 41.4 Å². The van der Waals surface area contributed by atoms with Crippen LogP contribution in [0.3, 0.4) is 0 Å². The fourth-order valence-electron chi connectivity index (χ4n) is 1.65. The van der Waals surface area contributed by atoms with Crippen LogP contribution in [0.2, 0.25) is 0 Å². The summed E-state index contributed by atoms with van der Waals surface area (Å²) in [7, 11) is -2.34. The van der Waals surface area contributed by atoms with Gasteiger partial charge in [-0.25, -0.2) is 12.8 Å². The van der Waals surface area contributed by atoms with Gasteiger partial charge in [0.15, 0.2) is 0 Å². The fourth-order valence-corrected chi connectivity index (χ4v) is 2.86. The van der Waals surface area contributed by atoms with E-state index >= 15 is 0 Å². The molecular formula is C12H14FN3O2S. The van der Waals surface area contributed by atoms with Gasteiger partial charge in [0.2, 0.25) is 0 Å². The average molecular weight is 283 g/mol. The molecule has 5 nitrogen and oxygen atoms in total. The van der Waals surface area contributed by atoms with Crippen molar-refractivity contribution in [2.45, 2.75) is 11.4 Å². The second-order valence-electron chi connectivity index (χ2n) is 4.02. The quantitative estimate of drug-likeness (QED) is 0.891. The van der Waals surface area contributed by atoms with E-state index in [0.29, 0.717) is 5.69 Å². The van der Waals surface area contributed by atoms with Crippen LogP contribution in [0.25, 0.3) is 0 Å². The summed E-state index contributed by atoms with van der Waals surface area (Å²) in [5.74, 6) is -0.490. The highest BCUT2D eigenvalue weighted by atomic mass is 32.2. The summed E-state index contributed by atoms with van der Waals surface area (Å²) in [5, 5.41) is 0. The highest BCUT2D eigenvalue weighted by Crippen LogP contribution is 2.22. The lowest BCUT2D eigenvalue weighted by atomic mass is 10.3. The number of benzene rings is 1. The molecule has 1 aromatic carbocycles. The minimum atomic E-state index is -3.72. The molecular weight excluding hydrogens is 269 g/mol. The summed E-state index contributed by atoms with van der Waals surface area (Å²) in [4.78, 5) is 2.87. The Morgan fingerprint density at radius 2 is 2.11 bits per heavy atom. The van der Waals surface area contributed by atoms with Gasteiger partial charge in [-0.2, -0.15) is 0 Å². The van der Waals surface area contributed by atoms with E-state index in [1.165, 1.54) is 37.5 Å². The Morgan fingerprint density at radius 3 is 2.68 bits per heavy atom. The van der Waals surface area contributed by atoms with E-state index in [1.54, 1.807) is 0 Å². The van der Waals surface area contributed by atoms with Crippen molar-refractivity contribution in [3.05, 3.63) is 48.0 Å². The van der Waals surface area contributed by atoms with E-state index in [4.69, 9.17) is 5.73 Å². The van der Waals surface area contributed by atoms with Crippen LogP contribution in [-0.4, -0.2) is 20.4 Å². The molecule has 0 saturated carbocycles. The molecule has 0 radical (unpaired) electrons. The fraction of sp³-hybridized carbons (Fsp3) is 0.167.